The summed E-state index contributed by atoms with van der Waals surface area (Å²) in [5, 5.41) is -0.173. The van der Waals surface area contributed by atoms with Gasteiger partial charge < -0.3 is 17.2 Å². The summed E-state index contributed by atoms with van der Waals surface area (Å²) in [7, 11) is -4.31. The van der Waals surface area contributed by atoms with Crippen LogP contribution in [0.4, 0.5) is 4.79 Å². The highest BCUT2D eigenvalue weighted by Gasteiger charge is 2.29. The second kappa shape index (κ2) is 7.29. The SMILES string of the molecule is CCCN(C(N)=O)S(=O)(=O)c1cc(C(=O)N=C(N)N)ccc1Cl. The standard InChI is InChI=1S/C12H16ClN5O4S/c1-2-5-18(12(16)20)23(21,22)9-6-7(3-4-8(9)13)10(19)17-11(14)15/h3-4,6H,2,5H2,1H3,(H2,16,20)(H4,14,15,17,19). The molecule has 6 N–H and O–H groups in total. The van der Waals surface area contributed by atoms with Crippen molar-refractivity contribution < 1.29 is 18.0 Å². The molecule has 126 valence electrons. The summed E-state index contributed by atoms with van der Waals surface area (Å²) in [6.07, 6.45) is 0.354. The van der Waals surface area contributed by atoms with Crippen LogP contribution in [0.25, 0.3) is 0 Å². The van der Waals surface area contributed by atoms with Crippen molar-refractivity contribution in [3.63, 3.8) is 0 Å². The molecule has 11 heteroatoms. The van der Waals surface area contributed by atoms with Crippen molar-refractivity contribution in [1.82, 2.24) is 4.31 Å². The van der Waals surface area contributed by atoms with Crippen LogP contribution in [0.15, 0.2) is 28.1 Å². The Morgan fingerprint density at radius 2 is 1.87 bits per heavy atom. The fourth-order valence-electron chi connectivity index (χ4n) is 1.69. The summed E-state index contributed by atoms with van der Waals surface area (Å²) in [5.74, 6) is -1.32. The molecule has 0 radical (unpaired) electrons. The van der Waals surface area contributed by atoms with E-state index < -0.39 is 32.8 Å². The Bertz CT molecular complexity index is 759. The maximum Gasteiger partial charge on any atom is 0.328 e. The molecule has 0 bridgehead atoms. The van der Waals surface area contributed by atoms with Gasteiger partial charge in [0.15, 0.2) is 5.96 Å². The predicted molar refractivity (Wildman–Crippen MR) is 85.4 cm³/mol. The highest BCUT2D eigenvalue weighted by atomic mass is 35.5. The molecule has 1 aromatic carbocycles. The number of primary amides is 1. The molecule has 23 heavy (non-hydrogen) atoms. The van der Waals surface area contributed by atoms with Gasteiger partial charge in [-0.15, -0.1) is 0 Å². The number of amides is 3. The first-order valence-electron chi connectivity index (χ1n) is 6.37. The number of benzene rings is 1. The van der Waals surface area contributed by atoms with Crippen LogP contribution in [0.2, 0.25) is 5.02 Å². The van der Waals surface area contributed by atoms with Crippen LogP contribution in [0.3, 0.4) is 0 Å². The second-order valence-electron chi connectivity index (χ2n) is 4.40. The second-order valence-corrected chi connectivity index (χ2v) is 6.64. The molecule has 0 saturated carbocycles. The van der Waals surface area contributed by atoms with Gasteiger partial charge in [-0.3, -0.25) is 4.79 Å². The summed E-state index contributed by atoms with van der Waals surface area (Å²) in [4.78, 5) is 26.0. The Balaban J connectivity index is 3.44. The molecule has 0 spiro atoms. The first kappa shape index (κ1) is 18.7. The van der Waals surface area contributed by atoms with E-state index >= 15 is 0 Å². The fraction of sp³-hybridized carbons (Fsp3) is 0.250. The Morgan fingerprint density at radius 3 is 2.35 bits per heavy atom. The predicted octanol–water partition coefficient (Wildman–Crippen LogP) is 0.233. The highest BCUT2D eigenvalue weighted by molar-refractivity contribution is 7.89. The van der Waals surface area contributed by atoms with E-state index in [4.69, 9.17) is 28.8 Å². The van der Waals surface area contributed by atoms with Crippen molar-refractivity contribution in [3.8, 4) is 0 Å². The summed E-state index contributed by atoms with van der Waals surface area (Å²) in [6.45, 7) is 1.55. The molecule has 0 fully saturated rings. The van der Waals surface area contributed by atoms with Crippen molar-refractivity contribution in [1.29, 1.82) is 0 Å². The molecule has 1 rings (SSSR count). The number of carbonyl (C=O) groups is 2. The normalized spacial score (nSPS) is 10.9. The maximum atomic E-state index is 12.5. The molecule has 9 nitrogen and oxygen atoms in total. The Hall–Kier alpha value is -2.33. The molecule has 0 aliphatic heterocycles. The first-order chi connectivity index (χ1) is 10.6. The number of hydrogen-bond acceptors (Lipinski definition) is 4. The number of nitrogens with zero attached hydrogens (tertiary/aromatic N) is 2. The summed E-state index contributed by atoms with van der Waals surface area (Å²) >= 11 is 5.89. The number of urea groups is 1. The van der Waals surface area contributed by atoms with Gasteiger partial charge in [0.1, 0.15) is 4.90 Å². The van der Waals surface area contributed by atoms with Crippen LogP contribution in [-0.4, -0.2) is 37.2 Å². The molecule has 1 aromatic rings. The zero-order valence-electron chi connectivity index (χ0n) is 12.2. The molecule has 3 amide bonds. The number of guanidine groups is 1. The van der Waals surface area contributed by atoms with Gasteiger partial charge in [0.25, 0.3) is 15.9 Å². The van der Waals surface area contributed by atoms with E-state index in [0.29, 0.717) is 10.7 Å². The van der Waals surface area contributed by atoms with Gasteiger partial charge in [0, 0.05) is 12.1 Å². The number of nitrogens with two attached hydrogens (primary N) is 3. The number of sulfonamides is 1. The van der Waals surface area contributed by atoms with Gasteiger partial charge in [-0.25, -0.2) is 17.5 Å². The number of hydrogen-bond donors (Lipinski definition) is 3. The number of halogens is 1. The lowest BCUT2D eigenvalue weighted by Gasteiger charge is -2.20. The van der Waals surface area contributed by atoms with Crippen molar-refractivity contribution in [2.45, 2.75) is 18.2 Å². The molecule has 0 unspecified atom stereocenters. The van der Waals surface area contributed by atoms with Gasteiger partial charge in [-0.05, 0) is 24.6 Å². The minimum Gasteiger partial charge on any atom is -0.370 e. The van der Waals surface area contributed by atoms with E-state index in [1.165, 1.54) is 12.1 Å². The van der Waals surface area contributed by atoms with E-state index in [9.17, 15) is 18.0 Å². The zero-order chi connectivity index (χ0) is 17.8. The summed E-state index contributed by atoms with van der Waals surface area (Å²) in [5.41, 5.74) is 15.2. The number of aliphatic imine (C=N–C) groups is 1. The minimum atomic E-state index is -4.31. The Kier molecular flexibility index (Phi) is 5.93. The molecule has 0 heterocycles. The average molecular weight is 362 g/mol. The van der Waals surface area contributed by atoms with Crippen molar-refractivity contribution in [2.75, 3.05) is 6.54 Å². The molecular weight excluding hydrogens is 346 g/mol. The lowest BCUT2D eigenvalue weighted by atomic mass is 10.2. The van der Waals surface area contributed by atoms with E-state index in [2.05, 4.69) is 4.99 Å². The van der Waals surface area contributed by atoms with Crippen LogP contribution in [-0.2, 0) is 10.0 Å². The van der Waals surface area contributed by atoms with Crippen LogP contribution >= 0.6 is 11.6 Å². The van der Waals surface area contributed by atoms with E-state index in [1.807, 2.05) is 0 Å². The third kappa shape index (κ3) is 4.33. The number of carbonyl (C=O) groups excluding carboxylic acids is 2. The van der Waals surface area contributed by atoms with Gasteiger partial charge in [0.05, 0.1) is 5.02 Å². The minimum absolute atomic E-state index is 0.109. The third-order valence-electron chi connectivity index (χ3n) is 2.65. The Labute approximate surface area is 138 Å². The van der Waals surface area contributed by atoms with Crippen molar-refractivity contribution >= 4 is 39.5 Å². The number of rotatable bonds is 5. The quantitative estimate of drug-likeness (QED) is 0.502. The molecule has 0 saturated heterocycles. The largest absolute Gasteiger partial charge is 0.370 e. The summed E-state index contributed by atoms with van der Waals surface area (Å²) < 4.78 is 25.5. The summed E-state index contributed by atoms with van der Waals surface area (Å²) in [6, 6.07) is 2.28. The molecule has 0 aromatic heterocycles. The van der Waals surface area contributed by atoms with E-state index in [1.54, 1.807) is 6.92 Å². The average Bonchev–Trinajstić information content (AvgIpc) is 2.43. The molecule has 0 aliphatic carbocycles. The van der Waals surface area contributed by atoms with Gasteiger partial charge >= 0.3 is 6.03 Å². The fourth-order valence-corrected chi connectivity index (χ4v) is 3.58. The van der Waals surface area contributed by atoms with Crippen molar-refractivity contribution in [3.05, 3.63) is 28.8 Å². The van der Waals surface area contributed by atoms with Gasteiger partial charge in [-0.2, -0.15) is 4.99 Å². The smallest absolute Gasteiger partial charge is 0.328 e. The van der Waals surface area contributed by atoms with Crippen LogP contribution in [0.5, 0.6) is 0 Å². The van der Waals surface area contributed by atoms with E-state index in [0.717, 1.165) is 6.07 Å². The van der Waals surface area contributed by atoms with E-state index in [-0.39, 0.29) is 17.1 Å². The first-order valence-corrected chi connectivity index (χ1v) is 8.18. The van der Waals surface area contributed by atoms with Crippen LogP contribution in [0.1, 0.15) is 23.7 Å². The zero-order valence-corrected chi connectivity index (χ0v) is 13.8. The molecular formula is C12H16ClN5O4S. The lowest BCUT2D eigenvalue weighted by molar-refractivity contribution is 0.100. The van der Waals surface area contributed by atoms with Crippen molar-refractivity contribution in [2.24, 2.45) is 22.2 Å². The molecule has 0 aliphatic rings. The van der Waals surface area contributed by atoms with Crippen LogP contribution in [0, 0.1) is 0 Å². The monoisotopic (exact) mass is 361 g/mol. The van der Waals surface area contributed by atoms with Gasteiger partial charge in [0.2, 0.25) is 0 Å². The third-order valence-corrected chi connectivity index (χ3v) is 4.93. The maximum absolute atomic E-state index is 12.5. The lowest BCUT2D eigenvalue weighted by Crippen LogP contribution is -2.41. The van der Waals surface area contributed by atoms with Crippen LogP contribution < -0.4 is 17.2 Å². The Morgan fingerprint density at radius 1 is 1.26 bits per heavy atom. The topological polar surface area (TPSA) is 162 Å². The molecule has 0 atom stereocenters. The van der Waals surface area contributed by atoms with Gasteiger partial charge in [-0.1, -0.05) is 18.5 Å². The highest BCUT2D eigenvalue weighted by Crippen LogP contribution is 2.26.